The molecule has 25 heavy (non-hydrogen) atoms. The van der Waals surface area contributed by atoms with Crippen molar-refractivity contribution in [3.8, 4) is 0 Å². The minimum Gasteiger partial charge on any atom is -0.347 e. The Hall–Kier alpha value is -2.07. The second-order valence-corrected chi connectivity index (χ2v) is 7.11. The Morgan fingerprint density at radius 1 is 1.04 bits per heavy atom. The smallest absolute Gasteiger partial charge is 0.257 e. The van der Waals surface area contributed by atoms with Crippen LogP contribution >= 0.6 is 0 Å². The molecule has 2 aromatic rings. The van der Waals surface area contributed by atoms with Crippen molar-refractivity contribution in [3.05, 3.63) is 52.8 Å². The van der Waals surface area contributed by atoms with Crippen molar-refractivity contribution >= 4 is 11.6 Å². The largest absolute Gasteiger partial charge is 0.347 e. The van der Waals surface area contributed by atoms with Gasteiger partial charge in [-0.05, 0) is 64.4 Å². The molecule has 1 fully saturated rings. The Balaban J connectivity index is 1.70. The molecule has 0 radical (unpaired) electrons. The molecule has 134 valence electrons. The SMILES string of the molecule is Cc1ccccc1NC(=O)c1cc(C)n(CCN2CCCCC2)c1C. The number of piperidine rings is 1. The summed E-state index contributed by atoms with van der Waals surface area (Å²) in [5.41, 5.74) is 4.95. The molecular weight excluding hydrogens is 310 g/mol. The average molecular weight is 339 g/mol. The van der Waals surface area contributed by atoms with Crippen LogP contribution in [0.5, 0.6) is 0 Å². The van der Waals surface area contributed by atoms with Crippen LogP contribution in [-0.2, 0) is 6.54 Å². The maximum Gasteiger partial charge on any atom is 0.257 e. The van der Waals surface area contributed by atoms with Crippen molar-refractivity contribution in [1.82, 2.24) is 9.47 Å². The number of aryl methyl sites for hydroxylation is 2. The predicted molar refractivity (Wildman–Crippen MR) is 103 cm³/mol. The number of nitrogens with zero attached hydrogens (tertiary/aromatic N) is 2. The quantitative estimate of drug-likeness (QED) is 0.888. The normalized spacial score (nSPS) is 15.3. The number of aromatic nitrogens is 1. The molecule has 1 aromatic carbocycles. The van der Waals surface area contributed by atoms with Crippen LogP contribution < -0.4 is 5.32 Å². The maximum atomic E-state index is 12.7. The lowest BCUT2D eigenvalue weighted by molar-refractivity contribution is 0.102. The van der Waals surface area contributed by atoms with E-state index in [-0.39, 0.29) is 5.91 Å². The van der Waals surface area contributed by atoms with Crippen LogP contribution in [0.1, 0.15) is 46.6 Å². The molecule has 1 amide bonds. The fourth-order valence-electron chi connectivity index (χ4n) is 3.70. The standard InChI is InChI=1S/C21H29N3O/c1-16-9-5-6-10-20(16)22-21(25)19-15-17(2)24(18(19)3)14-13-23-11-7-4-8-12-23/h5-6,9-10,15H,4,7-8,11-14H2,1-3H3,(H,22,25). The van der Waals surface area contributed by atoms with Gasteiger partial charge in [0.15, 0.2) is 0 Å². The van der Waals surface area contributed by atoms with E-state index in [0.29, 0.717) is 0 Å². The topological polar surface area (TPSA) is 37.3 Å². The molecule has 1 aliphatic rings. The molecular formula is C21H29N3O. The number of hydrogen-bond acceptors (Lipinski definition) is 2. The lowest BCUT2D eigenvalue weighted by atomic mass is 10.1. The number of benzene rings is 1. The van der Waals surface area contributed by atoms with E-state index in [1.165, 1.54) is 32.4 Å². The van der Waals surface area contributed by atoms with Gasteiger partial charge in [-0.15, -0.1) is 0 Å². The summed E-state index contributed by atoms with van der Waals surface area (Å²) in [5.74, 6) is -0.0216. The summed E-state index contributed by atoms with van der Waals surface area (Å²) in [6, 6.07) is 9.90. The van der Waals surface area contributed by atoms with Crippen molar-refractivity contribution in [1.29, 1.82) is 0 Å². The first kappa shape index (κ1) is 17.7. The van der Waals surface area contributed by atoms with Gasteiger partial charge in [0.25, 0.3) is 5.91 Å². The highest BCUT2D eigenvalue weighted by Crippen LogP contribution is 2.19. The molecule has 3 rings (SSSR count). The third-order valence-electron chi connectivity index (χ3n) is 5.30. The molecule has 0 spiro atoms. The molecule has 1 N–H and O–H groups in total. The summed E-state index contributed by atoms with van der Waals surface area (Å²) >= 11 is 0. The van der Waals surface area contributed by atoms with E-state index < -0.39 is 0 Å². The van der Waals surface area contributed by atoms with E-state index in [0.717, 1.165) is 41.3 Å². The first-order valence-corrected chi connectivity index (χ1v) is 9.32. The average Bonchev–Trinajstić information content (AvgIpc) is 2.90. The lowest BCUT2D eigenvalue weighted by Crippen LogP contribution is -2.32. The van der Waals surface area contributed by atoms with E-state index in [9.17, 15) is 4.79 Å². The van der Waals surface area contributed by atoms with Crippen LogP contribution in [-0.4, -0.2) is 35.0 Å². The van der Waals surface area contributed by atoms with Crippen molar-refractivity contribution < 1.29 is 4.79 Å². The van der Waals surface area contributed by atoms with Gasteiger partial charge in [0, 0.05) is 30.2 Å². The number of carbonyl (C=O) groups is 1. The van der Waals surface area contributed by atoms with Gasteiger partial charge in [-0.25, -0.2) is 0 Å². The fourth-order valence-corrected chi connectivity index (χ4v) is 3.70. The number of para-hydroxylation sites is 1. The second kappa shape index (κ2) is 7.87. The van der Waals surface area contributed by atoms with Crippen LogP contribution in [0.25, 0.3) is 0 Å². The third-order valence-corrected chi connectivity index (χ3v) is 5.30. The van der Waals surface area contributed by atoms with Crippen molar-refractivity contribution in [3.63, 3.8) is 0 Å². The lowest BCUT2D eigenvalue weighted by Gasteiger charge is -2.27. The number of nitrogens with one attached hydrogen (secondary N) is 1. The highest BCUT2D eigenvalue weighted by atomic mass is 16.1. The highest BCUT2D eigenvalue weighted by molar-refractivity contribution is 6.05. The number of amides is 1. The van der Waals surface area contributed by atoms with Gasteiger partial charge in [0.05, 0.1) is 5.56 Å². The summed E-state index contributed by atoms with van der Waals surface area (Å²) in [7, 11) is 0. The van der Waals surface area contributed by atoms with Gasteiger partial charge in [0.2, 0.25) is 0 Å². The maximum absolute atomic E-state index is 12.7. The van der Waals surface area contributed by atoms with Gasteiger partial charge in [-0.2, -0.15) is 0 Å². The van der Waals surface area contributed by atoms with Crippen LogP contribution in [0.15, 0.2) is 30.3 Å². The molecule has 4 heteroatoms. The molecule has 0 unspecified atom stereocenters. The monoisotopic (exact) mass is 339 g/mol. The van der Waals surface area contributed by atoms with Gasteiger partial charge in [-0.3, -0.25) is 4.79 Å². The Kier molecular flexibility index (Phi) is 5.59. The zero-order valence-corrected chi connectivity index (χ0v) is 15.6. The highest BCUT2D eigenvalue weighted by Gasteiger charge is 2.17. The van der Waals surface area contributed by atoms with E-state index >= 15 is 0 Å². The van der Waals surface area contributed by atoms with Crippen molar-refractivity contribution in [2.75, 3.05) is 25.0 Å². The molecule has 0 atom stereocenters. The summed E-state index contributed by atoms with van der Waals surface area (Å²) in [6.07, 6.45) is 3.99. The number of rotatable bonds is 5. The number of carbonyl (C=O) groups excluding carboxylic acids is 1. The van der Waals surface area contributed by atoms with Crippen molar-refractivity contribution in [2.24, 2.45) is 0 Å². The first-order chi connectivity index (χ1) is 12.1. The van der Waals surface area contributed by atoms with Crippen LogP contribution in [0.3, 0.4) is 0 Å². The zero-order valence-electron chi connectivity index (χ0n) is 15.6. The van der Waals surface area contributed by atoms with Crippen molar-refractivity contribution in [2.45, 2.75) is 46.6 Å². The van der Waals surface area contributed by atoms with E-state index in [2.05, 4.69) is 28.6 Å². The van der Waals surface area contributed by atoms with E-state index in [1.807, 2.05) is 37.3 Å². The molecule has 1 aromatic heterocycles. The van der Waals surface area contributed by atoms with Gasteiger partial charge < -0.3 is 14.8 Å². The predicted octanol–water partition coefficient (Wildman–Crippen LogP) is 4.15. The molecule has 0 bridgehead atoms. The van der Waals surface area contributed by atoms with E-state index in [1.54, 1.807) is 0 Å². The Bertz CT molecular complexity index is 742. The molecule has 1 aliphatic heterocycles. The molecule has 4 nitrogen and oxygen atoms in total. The fraction of sp³-hybridized carbons (Fsp3) is 0.476. The molecule has 2 heterocycles. The number of anilines is 1. The minimum absolute atomic E-state index is 0.0216. The van der Waals surface area contributed by atoms with Crippen LogP contribution in [0.2, 0.25) is 0 Å². The van der Waals surface area contributed by atoms with Crippen LogP contribution in [0.4, 0.5) is 5.69 Å². The number of likely N-dealkylation sites (tertiary alicyclic amines) is 1. The van der Waals surface area contributed by atoms with Crippen LogP contribution in [0, 0.1) is 20.8 Å². The Morgan fingerprint density at radius 2 is 1.76 bits per heavy atom. The summed E-state index contributed by atoms with van der Waals surface area (Å²) in [6.45, 7) is 10.6. The first-order valence-electron chi connectivity index (χ1n) is 9.32. The second-order valence-electron chi connectivity index (χ2n) is 7.11. The van der Waals surface area contributed by atoms with Gasteiger partial charge in [-0.1, -0.05) is 24.6 Å². The minimum atomic E-state index is -0.0216. The van der Waals surface area contributed by atoms with Gasteiger partial charge >= 0.3 is 0 Å². The number of hydrogen-bond donors (Lipinski definition) is 1. The molecule has 0 saturated carbocycles. The third kappa shape index (κ3) is 4.13. The summed E-state index contributed by atoms with van der Waals surface area (Å²) < 4.78 is 2.28. The molecule has 1 saturated heterocycles. The zero-order chi connectivity index (χ0) is 17.8. The Morgan fingerprint density at radius 3 is 2.48 bits per heavy atom. The molecule has 0 aliphatic carbocycles. The van der Waals surface area contributed by atoms with E-state index in [4.69, 9.17) is 0 Å². The summed E-state index contributed by atoms with van der Waals surface area (Å²) in [4.78, 5) is 15.3. The van der Waals surface area contributed by atoms with Gasteiger partial charge in [0.1, 0.15) is 0 Å². The Labute approximate surface area is 150 Å². The summed E-state index contributed by atoms with van der Waals surface area (Å²) in [5, 5.41) is 3.05.